The lowest BCUT2D eigenvalue weighted by atomic mass is 9.98. The van der Waals surface area contributed by atoms with E-state index >= 15 is 0 Å². The van der Waals surface area contributed by atoms with Crippen LogP contribution in [-0.2, 0) is 12.8 Å². The van der Waals surface area contributed by atoms with Gasteiger partial charge in [-0.05, 0) is 46.3 Å². The van der Waals surface area contributed by atoms with Crippen LogP contribution in [0.4, 0.5) is 0 Å². The molecule has 0 aliphatic rings. The van der Waals surface area contributed by atoms with Crippen molar-refractivity contribution in [3.05, 3.63) is 107 Å². The molecule has 1 aromatic heterocycles. The Morgan fingerprint density at radius 3 is 2.63 bits per heavy atom. The van der Waals surface area contributed by atoms with Crippen molar-refractivity contribution in [2.45, 2.75) is 12.8 Å². The van der Waals surface area contributed by atoms with Crippen LogP contribution in [0, 0.1) is 11.8 Å². The Labute approximate surface area is 179 Å². The molecular formula is C27H19NOS. The van der Waals surface area contributed by atoms with Crippen LogP contribution in [0.1, 0.15) is 22.3 Å². The molecule has 1 N–H and O–H groups in total. The van der Waals surface area contributed by atoms with Crippen molar-refractivity contribution in [2.24, 2.45) is 0 Å². The van der Waals surface area contributed by atoms with Gasteiger partial charge in [-0.3, -0.25) is 0 Å². The van der Waals surface area contributed by atoms with E-state index in [1.807, 2.05) is 48.0 Å². The normalized spacial score (nSPS) is 10.8. The maximum atomic E-state index is 10.9. The number of hydrogen-bond donors (Lipinski definition) is 1. The fourth-order valence-electron chi connectivity index (χ4n) is 3.65. The predicted molar refractivity (Wildman–Crippen MR) is 125 cm³/mol. The van der Waals surface area contributed by atoms with Crippen molar-refractivity contribution >= 4 is 32.3 Å². The number of thiazole rings is 1. The van der Waals surface area contributed by atoms with Crippen molar-refractivity contribution in [1.82, 2.24) is 4.98 Å². The predicted octanol–water partition coefficient (Wildman–Crippen LogP) is 6.34. The summed E-state index contributed by atoms with van der Waals surface area (Å²) in [5.41, 5.74) is 7.07. The van der Waals surface area contributed by atoms with Crippen LogP contribution in [0.5, 0.6) is 5.75 Å². The summed E-state index contributed by atoms with van der Waals surface area (Å²) in [5, 5.41) is 12.7. The molecule has 0 spiro atoms. The second-order valence-electron chi connectivity index (χ2n) is 7.30. The molecule has 0 atom stereocenters. The topological polar surface area (TPSA) is 33.1 Å². The molecule has 0 unspecified atom stereocenters. The lowest BCUT2D eigenvalue weighted by molar-refractivity contribution is 0.476. The molecule has 3 heteroatoms. The quantitative estimate of drug-likeness (QED) is 0.355. The lowest BCUT2D eigenvalue weighted by Crippen LogP contribution is -1.90. The second kappa shape index (κ2) is 8.02. The zero-order valence-corrected chi connectivity index (χ0v) is 17.1. The van der Waals surface area contributed by atoms with Gasteiger partial charge in [-0.15, -0.1) is 11.3 Å². The van der Waals surface area contributed by atoms with Gasteiger partial charge in [0.05, 0.1) is 15.7 Å². The fraction of sp³-hybridized carbons (Fsp3) is 0.0741. The molecule has 5 aromatic rings. The SMILES string of the molecule is Oc1c(Cc2ccccc2)ccc2ccc(C#CCc3ccc4scnc4c3)cc12. The summed E-state index contributed by atoms with van der Waals surface area (Å²) in [6.07, 6.45) is 1.38. The van der Waals surface area contributed by atoms with Crippen molar-refractivity contribution in [3.8, 4) is 17.6 Å². The Balaban J connectivity index is 1.41. The number of fused-ring (bicyclic) bond motifs is 2. The molecule has 0 bridgehead atoms. The Bertz CT molecular complexity index is 1410. The Kier molecular flexibility index (Phi) is 4.93. The zero-order valence-electron chi connectivity index (χ0n) is 16.3. The molecular weight excluding hydrogens is 386 g/mol. The van der Waals surface area contributed by atoms with Gasteiger partial charge in [0.1, 0.15) is 5.75 Å². The standard InChI is InChI=1S/C27H19NOS/c29-27-23(15-19-5-2-1-3-6-19)13-12-22-11-9-20(16-24(22)27)7-4-8-21-10-14-26-25(17-21)28-18-30-26/h1-3,5-6,9-14,16-18,29H,8,15H2. The van der Waals surface area contributed by atoms with Gasteiger partial charge in [-0.25, -0.2) is 4.98 Å². The van der Waals surface area contributed by atoms with E-state index in [1.165, 1.54) is 10.3 Å². The van der Waals surface area contributed by atoms with Crippen LogP contribution in [0.2, 0.25) is 0 Å². The highest BCUT2D eigenvalue weighted by Crippen LogP contribution is 2.31. The van der Waals surface area contributed by atoms with E-state index in [-0.39, 0.29) is 0 Å². The molecule has 2 nitrogen and oxygen atoms in total. The lowest BCUT2D eigenvalue weighted by Gasteiger charge is -2.09. The summed E-state index contributed by atoms with van der Waals surface area (Å²) in [7, 11) is 0. The first-order chi connectivity index (χ1) is 14.8. The number of aromatic nitrogens is 1. The summed E-state index contributed by atoms with van der Waals surface area (Å²) >= 11 is 1.65. The highest BCUT2D eigenvalue weighted by Gasteiger charge is 2.08. The summed E-state index contributed by atoms with van der Waals surface area (Å²) in [6, 6.07) is 26.6. The Morgan fingerprint density at radius 1 is 0.867 bits per heavy atom. The molecule has 5 rings (SSSR count). The summed E-state index contributed by atoms with van der Waals surface area (Å²) < 4.78 is 1.20. The van der Waals surface area contributed by atoms with Crippen LogP contribution < -0.4 is 0 Å². The van der Waals surface area contributed by atoms with Crippen LogP contribution >= 0.6 is 11.3 Å². The van der Waals surface area contributed by atoms with Crippen LogP contribution in [0.3, 0.4) is 0 Å². The molecule has 144 valence electrons. The summed E-state index contributed by atoms with van der Waals surface area (Å²) in [4.78, 5) is 4.37. The first-order valence-corrected chi connectivity index (χ1v) is 10.7. The number of aromatic hydroxyl groups is 1. The molecule has 0 saturated carbocycles. The maximum Gasteiger partial charge on any atom is 0.126 e. The minimum Gasteiger partial charge on any atom is -0.507 e. The van der Waals surface area contributed by atoms with Gasteiger partial charge >= 0.3 is 0 Å². The largest absolute Gasteiger partial charge is 0.507 e. The van der Waals surface area contributed by atoms with Crippen LogP contribution in [0.25, 0.3) is 21.0 Å². The van der Waals surface area contributed by atoms with Crippen LogP contribution in [0.15, 0.2) is 84.4 Å². The first-order valence-electron chi connectivity index (χ1n) is 9.86. The third kappa shape index (κ3) is 3.78. The molecule has 0 radical (unpaired) electrons. The molecule has 0 amide bonds. The van der Waals surface area contributed by atoms with Crippen molar-refractivity contribution in [2.75, 3.05) is 0 Å². The minimum absolute atomic E-state index is 0.342. The van der Waals surface area contributed by atoms with E-state index in [4.69, 9.17) is 0 Å². The monoisotopic (exact) mass is 405 g/mol. The third-order valence-corrected chi connectivity index (χ3v) is 6.04. The van der Waals surface area contributed by atoms with Gasteiger partial charge in [0, 0.05) is 23.8 Å². The highest BCUT2D eigenvalue weighted by molar-refractivity contribution is 7.16. The number of phenols is 1. The Morgan fingerprint density at radius 2 is 1.73 bits per heavy atom. The number of rotatable bonds is 3. The number of phenolic OH excluding ortho intramolecular Hbond substituents is 1. The second-order valence-corrected chi connectivity index (χ2v) is 8.19. The third-order valence-electron chi connectivity index (χ3n) is 5.23. The number of hydrogen-bond acceptors (Lipinski definition) is 3. The molecule has 0 saturated heterocycles. The van der Waals surface area contributed by atoms with Gasteiger partial charge in [-0.1, -0.05) is 66.4 Å². The van der Waals surface area contributed by atoms with E-state index in [0.717, 1.165) is 33.0 Å². The van der Waals surface area contributed by atoms with E-state index in [1.54, 1.807) is 11.3 Å². The number of benzene rings is 4. The molecule has 0 aliphatic carbocycles. The maximum absolute atomic E-state index is 10.9. The highest BCUT2D eigenvalue weighted by atomic mass is 32.1. The van der Waals surface area contributed by atoms with Crippen molar-refractivity contribution in [1.29, 1.82) is 0 Å². The van der Waals surface area contributed by atoms with Gasteiger partial charge in [-0.2, -0.15) is 0 Å². The molecule has 1 heterocycles. The average molecular weight is 406 g/mol. The summed E-state index contributed by atoms with van der Waals surface area (Å²) in [5.74, 6) is 6.84. The van der Waals surface area contributed by atoms with Gasteiger partial charge in [0.2, 0.25) is 0 Å². The van der Waals surface area contributed by atoms with Gasteiger partial charge < -0.3 is 5.11 Å². The molecule has 0 fully saturated rings. The summed E-state index contributed by atoms with van der Waals surface area (Å²) in [6.45, 7) is 0. The van der Waals surface area contributed by atoms with E-state index in [2.05, 4.69) is 53.2 Å². The van der Waals surface area contributed by atoms with Gasteiger partial charge in [0.15, 0.2) is 0 Å². The number of nitrogens with zero attached hydrogens (tertiary/aromatic N) is 1. The van der Waals surface area contributed by atoms with Gasteiger partial charge in [0.25, 0.3) is 0 Å². The molecule has 30 heavy (non-hydrogen) atoms. The average Bonchev–Trinajstić information content (AvgIpc) is 3.25. The first kappa shape index (κ1) is 18.4. The molecule has 4 aromatic carbocycles. The van der Waals surface area contributed by atoms with Crippen molar-refractivity contribution in [3.63, 3.8) is 0 Å². The van der Waals surface area contributed by atoms with Crippen LogP contribution in [-0.4, -0.2) is 10.1 Å². The zero-order chi connectivity index (χ0) is 20.3. The van der Waals surface area contributed by atoms with Crippen molar-refractivity contribution < 1.29 is 5.11 Å². The van der Waals surface area contributed by atoms with E-state index in [0.29, 0.717) is 18.6 Å². The van der Waals surface area contributed by atoms with E-state index < -0.39 is 0 Å². The van der Waals surface area contributed by atoms with E-state index in [9.17, 15) is 5.11 Å². The Hall–Kier alpha value is -3.61. The smallest absolute Gasteiger partial charge is 0.126 e. The molecule has 0 aliphatic heterocycles. The fourth-order valence-corrected chi connectivity index (χ4v) is 4.31. The minimum atomic E-state index is 0.342.